The van der Waals surface area contributed by atoms with Gasteiger partial charge in [0.2, 0.25) is 0 Å². The van der Waals surface area contributed by atoms with E-state index in [4.69, 9.17) is 22.6 Å². The summed E-state index contributed by atoms with van der Waals surface area (Å²) in [5.74, 6) is 0.894. The Morgan fingerprint density at radius 3 is 1.78 bits per heavy atom. The van der Waals surface area contributed by atoms with Gasteiger partial charge in [-0.05, 0) is 12.3 Å². The van der Waals surface area contributed by atoms with Gasteiger partial charge in [0.05, 0.1) is 0 Å². The van der Waals surface area contributed by atoms with Crippen molar-refractivity contribution in [3.63, 3.8) is 0 Å². The first kappa shape index (κ1) is 20.2. The fourth-order valence-corrected chi connectivity index (χ4v) is 1.67. The average molecular weight is 284 g/mol. The monoisotopic (exact) mass is 284 g/mol. The zero-order valence-electron chi connectivity index (χ0n) is 11.5. The molecule has 3 N–H and O–H groups in total. The fourth-order valence-electron chi connectivity index (χ4n) is 1.67. The summed E-state index contributed by atoms with van der Waals surface area (Å²) in [5, 5.41) is 8.60. The molecule has 0 radical (unpaired) electrons. The number of hydrogen-bond donors (Lipinski definition) is 3. The van der Waals surface area contributed by atoms with E-state index >= 15 is 0 Å². The molecule has 0 aliphatic heterocycles. The van der Waals surface area contributed by atoms with E-state index in [-0.39, 0.29) is 0 Å². The summed E-state index contributed by atoms with van der Waals surface area (Å²) in [6, 6.07) is 0. The number of hydrogen-bond acceptors (Lipinski definition) is 3. The highest BCUT2D eigenvalue weighted by atomic mass is 32.3. The van der Waals surface area contributed by atoms with Gasteiger partial charge in [0.25, 0.3) is 0 Å². The van der Waals surface area contributed by atoms with Crippen molar-refractivity contribution >= 4 is 10.4 Å². The van der Waals surface area contributed by atoms with Gasteiger partial charge in [-0.2, -0.15) is 8.42 Å². The molecule has 112 valence electrons. The first-order valence-electron chi connectivity index (χ1n) is 6.62. The van der Waals surface area contributed by atoms with Crippen LogP contribution in [0.15, 0.2) is 0 Å². The quantitative estimate of drug-likeness (QED) is 0.446. The third-order valence-corrected chi connectivity index (χ3v) is 2.66. The molecule has 0 aromatic heterocycles. The molecule has 1 atom stereocenters. The number of unbranched alkanes of at least 4 members (excludes halogenated alkanes) is 4. The summed E-state index contributed by atoms with van der Waals surface area (Å²) in [6.07, 6.45) is 10.4. The van der Waals surface area contributed by atoms with Crippen LogP contribution < -0.4 is 0 Å². The molecule has 0 amide bonds. The van der Waals surface area contributed by atoms with E-state index < -0.39 is 10.4 Å². The van der Waals surface area contributed by atoms with Gasteiger partial charge in [-0.3, -0.25) is 9.11 Å². The number of aliphatic hydroxyl groups excluding tert-OH is 1. The lowest BCUT2D eigenvalue weighted by atomic mass is 9.97. The predicted octanol–water partition coefficient (Wildman–Crippen LogP) is 3.10. The van der Waals surface area contributed by atoms with Gasteiger partial charge in [-0.25, -0.2) is 0 Å². The van der Waals surface area contributed by atoms with Crippen LogP contribution in [0.2, 0.25) is 0 Å². The van der Waals surface area contributed by atoms with E-state index in [0.717, 1.165) is 12.3 Å². The molecule has 0 heterocycles. The van der Waals surface area contributed by atoms with Gasteiger partial charge in [-0.1, -0.05) is 58.8 Å². The summed E-state index contributed by atoms with van der Waals surface area (Å²) < 4.78 is 31.6. The molecule has 0 rings (SSSR count). The average Bonchev–Trinajstić information content (AvgIpc) is 2.22. The second-order valence-electron chi connectivity index (χ2n) is 4.62. The summed E-state index contributed by atoms with van der Waals surface area (Å²) >= 11 is 0. The molecular formula is C12H28O5S. The van der Waals surface area contributed by atoms with Crippen molar-refractivity contribution in [1.82, 2.24) is 0 Å². The van der Waals surface area contributed by atoms with Crippen LogP contribution in [0.3, 0.4) is 0 Å². The molecule has 0 aliphatic carbocycles. The van der Waals surface area contributed by atoms with Crippen LogP contribution in [0, 0.1) is 5.92 Å². The highest BCUT2D eigenvalue weighted by Gasteiger charge is 2.00. The topological polar surface area (TPSA) is 94.8 Å². The Kier molecular flexibility index (Phi) is 14.9. The molecule has 5 nitrogen and oxygen atoms in total. The molecule has 0 aromatic rings. The highest BCUT2D eigenvalue weighted by Crippen LogP contribution is 2.16. The first-order chi connectivity index (χ1) is 8.31. The third kappa shape index (κ3) is 29.7. The van der Waals surface area contributed by atoms with Gasteiger partial charge in [0.15, 0.2) is 0 Å². The predicted molar refractivity (Wildman–Crippen MR) is 73.0 cm³/mol. The van der Waals surface area contributed by atoms with Crippen molar-refractivity contribution in [3.05, 3.63) is 0 Å². The highest BCUT2D eigenvalue weighted by molar-refractivity contribution is 7.79. The van der Waals surface area contributed by atoms with E-state index in [0.29, 0.717) is 6.61 Å². The second kappa shape index (κ2) is 13.3. The van der Waals surface area contributed by atoms with Crippen molar-refractivity contribution in [2.75, 3.05) is 6.61 Å². The van der Waals surface area contributed by atoms with E-state index in [2.05, 4.69) is 13.8 Å². The number of rotatable bonds is 9. The Bertz CT molecular complexity index is 243. The van der Waals surface area contributed by atoms with E-state index in [1.54, 1.807) is 0 Å². The summed E-state index contributed by atoms with van der Waals surface area (Å²) in [6.45, 7) is 4.98. The Hall–Kier alpha value is -0.170. The molecule has 18 heavy (non-hydrogen) atoms. The maximum atomic E-state index is 8.74. The Morgan fingerprint density at radius 1 is 0.944 bits per heavy atom. The number of aliphatic hydroxyl groups is 1. The van der Waals surface area contributed by atoms with Crippen molar-refractivity contribution in [1.29, 1.82) is 0 Å². The Labute approximate surface area is 111 Å². The molecule has 6 heteroatoms. The van der Waals surface area contributed by atoms with Crippen LogP contribution >= 0.6 is 0 Å². The largest absolute Gasteiger partial charge is 0.396 e. The Morgan fingerprint density at radius 2 is 1.39 bits per heavy atom. The molecule has 0 saturated carbocycles. The zero-order valence-corrected chi connectivity index (χ0v) is 12.3. The minimum atomic E-state index is -4.67. The normalized spacial score (nSPS) is 12.7. The lowest BCUT2D eigenvalue weighted by Gasteiger charge is -2.09. The van der Waals surface area contributed by atoms with Crippen molar-refractivity contribution in [3.8, 4) is 0 Å². The SMILES string of the molecule is CCCCCC(C)CCCCCO.O=S(=O)(O)O. The molecule has 0 aromatic carbocycles. The zero-order chi connectivity index (χ0) is 14.4. The standard InChI is InChI=1S/C12H26O.H2O4S/c1-3-4-6-9-12(2)10-7-5-8-11-13;1-5(2,3)4/h12-13H,3-11H2,1-2H3;(H2,1,2,3,4). The van der Waals surface area contributed by atoms with Crippen LogP contribution in [0.5, 0.6) is 0 Å². The minimum Gasteiger partial charge on any atom is -0.396 e. The maximum Gasteiger partial charge on any atom is 0.394 e. The van der Waals surface area contributed by atoms with E-state index in [9.17, 15) is 0 Å². The summed E-state index contributed by atoms with van der Waals surface area (Å²) in [5.41, 5.74) is 0. The van der Waals surface area contributed by atoms with Crippen molar-refractivity contribution < 1.29 is 22.6 Å². The van der Waals surface area contributed by atoms with Gasteiger partial charge in [0.1, 0.15) is 0 Å². The van der Waals surface area contributed by atoms with Crippen LogP contribution in [0.1, 0.15) is 65.2 Å². The molecule has 0 aliphatic rings. The summed E-state index contributed by atoms with van der Waals surface area (Å²) in [7, 11) is -4.67. The van der Waals surface area contributed by atoms with E-state index in [1.807, 2.05) is 0 Å². The first-order valence-corrected chi connectivity index (χ1v) is 8.01. The smallest absolute Gasteiger partial charge is 0.394 e. The van der Waals surface area contributed by atoms with E-state index in [1.165, 1.54) is 44.9 Å². The van der Waals surface area contributed by atoms with Crippen LogP contribution in [-0.4, -0.2) is 29.2 Å². The van der Waals surface area contributed by atoms with Crippen LogP contribution in [0.25, 0.3) is 0 Å². The van der Waals surface area contributed by atoms with Crippen LogP contribution in [-0.2, 0) is 10.4 Å². The molecule has 0 bridgehead atoms. The molecule has 0 saturated heterocycles. The summed E-state index contributed by atoms with van der Waals surface area (Å²) in [4.78, 5) is 0. The minimum absolute atomic E-state index is 0.365. The second-order valence-corrected chi connectivity index (χ2v) is 5.52. The lowest BCUT2D eigenvalue weighted by molar-refractivity contribution is 0.280. The van der Waals surface area contributed by atoms with Crippen molar-refractivity contribution in [2.45, 2.75) is 65.2 Å². The van der Waals surface area contributed by atoms with Gasteiger partial charge in [0, 0.05) is 6.61 Å². The fraction of sp³-hybridized carbons (Fsp3) is 1.00. The van der Waals surface area contributed by atoms with Gasteiger partial charge >= 0.3 is 10.4 Å². The van der Waals surface area contributed by atoms with Crippen LogP contribution in [0.4, 0.5) is 0 Å². The molecule has 0 spiro atoms. The molecular weight excluding hydrogens is 256 g/mol. The van der Waals surface area contributed by atoms with Gasteiger partial charge < -0.3 is 5.11 Å². The van der Waals surface area contributed by atoms with Gasteiger partial charge in [-0.15, -0.1) is 0 Å². The third-order valence-electron chi connectivity index (χ3n) is 2.66. The molecule has 1 unspecified atom stereocenters. The maximum absolute atomic E-state index is 8.74. The lowest BCUT2D eigenvalue weighted by Crippen LogP contribution is -1.95. The Balaban J connectivity index is 0. The molecule has 0 fully saturated rings. The van der Waals surface area contributed by atoms with Crippen molar-refractivity contribution in [2.24, 2.45) is 5.92 Å².